The third-order valence-corrected chi connectivity index (χ3v) is 5.99. The fourth-order valence-corrected chi connectivity index (χ4v) is 4.66. The summed E-state index contributed by atoms with van der Waals surface area (Å²) >= 11 is 0. The summed E-state index contributed by atoms with van der Waals surface area (Å²) in [5, 5.41) is 2.75. The lowest BCUT2D eigenvalue weighted by Gasteiger charge is -2.34. The lowest BCUT2D eigenvalue weighted by atomic mass is 10.0. The number of morpholine rings is 1. The first-order valence-corrected chi connectivity index (χ1v) is 8.83. The van der Waals surface area contributed by atoms with Crippen LogP contribution in [-0.4, -0.2) is 43.9 Å². The Morgan fingerprint density at radius 2 is 1.82 bits per heavy atom. The van der Waals surface area contributed by atoms with E-state index < -0.39 is 10.0 Å². The minimum Gasteiger partial charge on any atom is -0.373 e. The van der Waals surface area contributed by atoms with E-state index in [1.165, 1.54) is 4.31 Å². The molecule has 2 aliphatic heterocycles. The van der Waals surface area contributed by atoms with Gasteiger partial charge < -0.3 is 10.1 Å². The average Bonchev–Trinajstić information content (AvgIpc) is 2.73. The molecule has 0 unspecified atom stereocenters. The van der Waals surface area contributed by atoms with Crippen LogP contribution < -0.4 is 5.32 Å². The second-order valence-electron chi connectivity index (χ2n) is 6.04. The molecule has 1 amide bonds. The maximum atomic E-state index is 12.8. The van der Waals surface area contributed by atoms with Gasteiger partial charge in [-0.2, -0.15) is 4.31 Å². The molecule has 0 aliphatic carbocycles. The number of rotatable bonds is 2. The van der Waals surface area contributed by atoms with Gasteiger partial charge in [-0.1, -0.05) is 0 Å². The van der Waals surface area contributed by atoms with Crippen molar-refractivity contribution < 1.29 is 17.9 Å². The summed E-state index contributed by atoms with van der Waals surface area (Å²) in [6.07, 6.45) is -0.259. The van der Waals surface area contributed by atoms with Gasteiger partial charge in [-0.15, -0.1) is 0 Å². The number of hydrogen-bond acceptors (Lipinski definition) is 4. The molecule has 1 aromatic carbocycles. The Labute approximate surface area is 130 Å². The summed E-state index contributed by atoms with van der Waals surface area (Å²) in [7, 11) is -3.58. The van der Waals surface area contributed by atoms with Gasteiger partial charge in [-0.3, -0.25) is 4.79 Å². The molecule has 2 aliphatic rings. The highest BCUT2D eigenvalue weighted by molar-refractivity contribution is 7.89. The highest BCUT2D eigenvalue weighted by Gasteiger charge is 2.34. The molecule has 0 bridgehead atoms. The summed E-state index contributed by atoms with van der Waals surface area (Å²) in [6.45, 7) is 6.19. The van der Waals surface area contributed by atoms with E-state index in [-0.39, 0.29) is 28.9 Å². The van der Waals surface area contributed by atoms with Gasteiger partial charge in [-0.05, 0) is 44.5 Å². The Kier molecular flexibility index (Phi) is 3.74. The van der Waals surface area contributed by atoms with Crippen LogP contribution in [-0.2, 0) is 19.6 Å². The van der Waals surface area contributed by atoms with Gasteiger partial charge >= 0.3 is 0 Å². The Hall–Kier alpha value is -1.44. The third-order valence-electron chi connectivity index (χ3n) is 4.16. The largest absolute Gasteiger partial charge is 0.373 e. The Morgan fingerprint density at radius 1 is 1.18 bits per heavy atom. The van der Waals surface area contributed by atoms with Gasteiger partial charge in [0.2, 0.25) is 15.9 Å². The lowest BCUT2D eigenvalue weighted by Crippen LogP contribution is -2.48. The van der Waals surface area contributed by atoms with Gasteiger partial charge in [0.15, 0.2) is 0 Å². The molecule has 120 valence electrons. The number of fused-ring (bicyclic) bond motifs is 1. The molecular formula is C15H20N2O4S. The second kappa shape index (κ2) is 5.33. The first kappa shape index (κ1) is 15.5. The number of amides is 1. The van der Waals surface area contributed by atoms with Crippen molar-refractivity contribution in [2.24, 2.45) is 0 Å². The summed E-state index contributed by atoms with van der Waals surface area (Å²) in [5.74, 6) is -0.425. The highest BCUT2D eigenvalue weighted by Crippen LogP contribution is 2.34. The van der Waals surface area contributed by atoms with E-state index in [1.54, 1.807) is 25.1 Å². The predicted molar refractivity (Wildman–Crippen MR) is 82.3 cm³/mol. The van der Waals surface area contributed by atoms with Crippen LogP contribution in [0.1, 0.15) is 32.3 Å². The van der Waals surface area contributed by atoms with Crippen molar-refractivity contribution in [2.75, 3.05) is 18.4 Å². The van der Waals surface area contributed by atoms with Crippen LogP contribution in [0.4, 0.5) is 5.69 Å². The third kappa shape index (κ3) is 2.53. The zero-order valence-corrected chi connectivity index (χ0v) is 13.7. The highest BCUT2D eigenvalue weighted by atomic mass is 32.2. The van der Waals surface area contributed by atoms with Crippen molar-refractivity contribution in [1.29, 1.82) is 0 Å². The van der Waals surface area contributed by atoms with E-state index in [0.29, 0.717) is 18.8 Å². The number of carbonyl (C=O) groups is 1. The zero-order chi connectivity index (χ0) is 16.1. The fraction of sp³-hybridized carbons (Fsp3) is 0.533. The minimum atomic E-state index is -3.58. The summed E-state index contributed by atoms with van der Waals surface area (Å²) in [5.41, 5.74) is 1.43. The van der Waals surface area contributed by atoms with Crippen molar-refractivity contribution in [1.82, 2.24) is 4.31 Å². The lowest BCUT2D eigenvalue weighted by molar-refractivity contribution is -0.116. The van der Waals surface area contributed by atoms with E-state index in [4.69, 9.17) is 4.74 Å². The molecular weight excluding hydrogens is 304 g/mol. The maximum Gasteiger partial charge on any atom is 0.243 e. The second-order valence-corrected chi connectivity index (χ2v) is 7.98. The number of ether oxygens (including phenoxy) is 1. The van der Waals surface area contributed by atoms with Gasteiger partial charge in [0.25, 0.3) is 0 Å². The zero-order valence-electron chi connectivity index (χ0n) is 12.9. The number of nitrogens with zero attached hydrogens (tertiary/aromatic N) is 1. The summed E-state index contributed by atoms with van der Waals surface area (Å²) < 4.78 is 32.7. The topological polar surface area (TPSA) is 75.7 Å². The molecule has 1 aromatic rings. The molecule has 2 heterocycles. The Morgan fingerprint density at radius 3 is 2.45 bits per heavy atom. The molecule has 1 fully saturated rings. The van der Waals surface area contributed by atoms with Crippen molar-refractivity contribution in [3.05, 3.63) is 23.8 Å². The van der Waals surface area contributed by atoms with Gasteiger partial charge in [0.05, 0.1) is 23.0 Å². The van der Waals surface area contributed by atoms with Gasteiger partial charge in [0.1, 0.15) is 0 Å². The van der Waals surface area contributed by atoms with Gasteiger partial charge in [-0.25, -0.2) is 8.42 Å². The number of benzene rings is 1. The van der Waals surface area contributed by atoms with Crippen LogP contribution in [0.5, 0.6) is 0 Å². The molecule has 0 radical (unpaired) electrons. The fourth-order valence-electron chi connectivity index (χ4n) is 3.03. The first-order chi connectivity index (χ1) is 10.3. The molecule has 0 aromatic heterocycles. The van der Waals surface area contributed by atoms with Crippen LogP contribution in [0.2, 0.25) is 0 Å². The Balaban J connectivity index is 1.95. The van der Waals surface area contributed by atoms with Crippen LogP contribution in [0.15, 0.2) is 23.1 Å². The summed E-state index contributed by atoms with van der Waals surface area (Å²) in [6, 6.07) is 4.83. The molecule has 0 saturated carbocycles. The number of anilines is 1. The molecule has 3 rings (SSSR count). The number of nitrogens with one attached hydrogen (secondary N) is 1. The molecule has 1 N–H and O–H groups in total. The predicted octanol–water partition coefficient (Wildman–Crippen LogP) is 1.54. The number of carbonyl (C=O) groups excluding carboxylic acids is 1. The van der Waals surface area contributed by atoms with Crippen LogP contribution in [0.3, 0.4) is 0 Å². The molecule has 1 saturated heterocycles. The van der Waals surface area contributed by atoms with E-state index in [1.807, 2.05) is 13.8 Å². The SMILES string of the molecule is C[C@@H]1CN(S(=O)(=O)c2ccc3c(c2)[C@H](C)C(=O)N3)C[C@@H](C)O1. The van der Waals surface area contributed by atoms with E-state index >= 15 is 0 Å². The molecule has 0 spiro atoms. The average molecular weight is 324 g/mol. The van der Waals surface area contributed by atoms with Crippen LogP contribution in [0.25, 0.3) is 0 Å². The molecule has 6 nitrogen and oxygen atoms in total. The molecule has 3 atom stereocenters. The maximum absolute atomic E-state index is 12.8. The number of sulfonamides is 1. The number of hydrogen-bond donors (Lipinski definition) is 1. The van der Waals surface area contributed by atoms with E-state index in [2.05, 4.69) is 5.32 Å². The Bertz CT molecular complexity index is 706. The van der Waals surface area contributed by atoms with Gasteiger partial charge in [0, 0.05) is 18.8 Å². The van der Waals surface area contributed by atoms with E-state index in [0.717, 1.165) is 5.56 Å². The van der Waals surface area contributed by atoms with E-state index in [9.17, 15) is 13.2 Å². The van der Waals surface area contributed by atoms with Crippen LogP contribution >= 0.6 is 0 Å². The molecule has 22 heavy (non-hydrogen) atoms. The smallest absolute Gasteiger partial charge is 0.243 e. The van der Waals surface area contributed by atoms with Crippen LogP contribution in [0, 0.1) is 0 Å². The first-order valence-electron chi connectivity index (χ1n) is 7.39. The normalized spacial score (nSPS) is 29.2. The molecule has 7 heteroatoms. The quantitative estimate of drug-likeness (QED) is 0.895. The monoisotopic (exact) mass is 324 g/mol. The standard InChI is InChI=1S/C15H20N2O4S/c1-9-7-17(8-10(2)21-9)22(19,20)12-4-5-14-13(6-12)11(3)15(18)16-14/h4-6,9-11H,7-8H2,1-3H3,(H,16,18)/t9-,10-,11+/m1/s1. The summed E-state index contributed by atoms with van der Waals surface area (Å²) in [4.78, 5) is 11.9. The minimum absolute atomic E-state index is 0.0989. The van der Waals surface area contributed by atoms with Crippen molar-refractivity contribution >= 4 is 21.6 Å². The van der Waals surface area contributed by atoms with Crippen molar-refractivity contribution in [3.63, 3.8) is 0 Å². The van der Waals surface area contributed by atoms with Crippen molar-refractivity contribution in [3.8, 4) is 0 Å². The van der Waals surface area contributed by atoms with Crippen molar-refractivity contribution in [2.45, 2.75) is 43.8 Å².